The summed E-state index contributed by atoms with van der Waals surface area (Å²) in [4.78, 5) is 59.1. The number of amides is 4. The molecule has 13 heteroatoms. The maximum atomic E-state index is 13.7. The van der Waals surface area contributed by atoms with Crippen LogP contribution in [0.4, 0.5) is 15.4 Å². The lowest BCUT2D eigenvalue weighted by atomic mass is 10.00. The molecule has 1 aliphatic carbocycles. The van der Waals surface area contributed by atoms with Crippen molar-refractivity contribution in [3.8, 4) is 0 Å². The molecule has 274 valence electrons. The Morgan fingerprint density at radius 3 is 2.35 bits per heavy atom. The number of hydrogen-bond donors (Lipinski definition) is 3. The molecule has 1 fully saturated rings. The Bertz CT molecular complexity index is 1680. The first kappa shape index (κ1) is 37.3. The summed E-state index contributed by atoms with van der Waals surface area (Å²) in [6, 6.07) is 15.9. The fourth-order valence-electron chi connectivity index (χ4n) is 6.16. The smallest absolute Gasteiger partial charge is 0.410 e. The molecular weight excluding hydrogens is 652 g/mol. The van der Waals surface area contributed by atoms with E-state index in [1.807, 2.05) is 59.2 Å². The first-order valence-corrected chi connectivity index (χ1v) is 17.5. The maximum absolute atomic E-state index is 13.7. The van der Waals surface area contributed by atoms with E-state index in [1.165, 1.54) is 13.8 Å². The number of benzene rings is 2. The largest absolute Gasteiger partial charge is 0.444 e. The average molecular weight is 703 g/mol. The molecule has 0 spiro atoms. The minimum atomic E-state index is -1.42. The van der Waals surface area contributed by atoms with Crippen LogP contribution < -0.4 is 16.0 Å². The highest BCUT2D eigenvalue weighted by molar-refractivity contribution is 5.98. The number of imidazole rings is 1. The number of carbonyl (C=O) groups excluding carboxylic acids is 4. The van der Waals surface area contributed by atoms with Crippen LogP contribution in [0.25, 0.3) is 0 Å². The van der Waals surface area contributed by atoms with Gasteiger partial charge in [0, 0.05) is 25.7 Å². The van der Waals surface area contributed by atoms with E-state index in [4.69, 9.17) is 14.2 Å². The quantitative estimate of drug-likeness (QED) is 0.246. The number of alkyl carbamates (subject to hydrolysis) is 1. The van der Waals surface area contributed by atoms with E-state index in [2.05, 4.69) is 27.9 Å². The minimum absolute atomic E-state index is 0.154. The van der Waals surface area contributed by atoms with E-state index in [1.54, 1.807) is 38.2 Å². The van der Waals surface area contributed by atoms with Crippen LogP contribution in [0.3, 0.4) is 0 Å². The van der Waals surface area contributed by atoms with E-state index in [9.17, 15) is 19.2 Å². The van der Waals surface area contributed by atoms with E-state index >= 15 is 0 Å². The van der Waals surface area contributed by atoms with Crippen LogP contribution in [0.1, 0.15) is 77.1 Å². The average Bonchev–Trinajstić information content (AvgIpc) is 3.67. The van der Waals surface area contributed by atoms with Crippen LogP contribution in [0.5, 0.6) is 0 Å². The Hall–Kier alpha value is -4.91. The third kappa shape index (κ3) is 10.1. The van der Waals surface area contributed by atoms with Crippen LogP contribution in [0, 0.1) is 5.92 Å². The molecule has 51 heavy (non-hydrogen) atoms. The van der Waals surface area contributed by atoms with Gasteiger partial charge in [-0.2, -0.15) is 0 Å². The van der Waals surface area contributed by atoms with Gasteiger partial charge < -0.3 is 39.6 Å². The zero-order chi connectivity index (χ0) is 36.8. The van der Waals surface area contributed by atoms with Crippen molar-refractivity contribution in [1.29, 1.82) is 0 Å². The number of hydrogen-bond acceptors (Lipinski definition) is 8. The topological polar surface area (TPSA) is 153 Å². The lowest BCUT2D eigenvalue weighted by molar-refractivity contribution is -0.131. The molecule has 2 aliphatic rings. The second kappa shape index (κ2) is 16.0. The summed E-state index contributed by atoms with van der Waals surface area (Å²) >= 11 is 0. The summed E-state index contributed by atoms with van der Waals surface area (Å²) in [6.45, 7) is 11.8. The van der Waals surface area contributed by atoms with Gasteiger partial charge in [-0.1, -0.05) is 61.5 Å². The van der Waals surface area contributed by atoms with Crippen LogP contribution in [-0.4, -0.2) is 81.4 Å². The highest BCUT2D eigenvalue weighted by atomic mass is 16.6. The van der Waals surface area contributed by atoms with Crippen LogP contribution in [0.2, 0.25) is 0 Å². The van der Waals surface area contributed by atoms with E-state index in [-0.39, 0.29) is 31.2 Å². The molecule has 3 N–H and O–H groups in total. The molecule has 4 amide bonds. The summed E-state index contributed by atoms with van der Waals surface area (Å²) in [6.07, 6.45) is 4.18. The molecule has 1 aromatic heterocycles. The number of fused-ring (bicyclic) bond motifs is 1. The lowest BCUT2D eigenvalue weighted by Crippen LogP contribution is -2.59. The second-order valence-corrected chi connectivity index (χ2v) is 14.9. The summed E-state index contributed by atoms with van der Waals surface area (Å²) in [7, 11) is 0. The molecule has 3 aromatic rings. The van der Waals surface area contributed by atoms with Gasteiger partial charge in [0.25, 0.3) is 5.91 Å². The van der Waals surface area contributed by atoms with Crippen molar-refractivity contribution in [3.05, 3.63) is 83.8 Å². The maximum Gasteiger partial charge on any atom is 0.410 e. The molecule has 1 unspecified atom stereocenters. The molecule has 1 saturated heterocycles. The Morgan fingerprint density at radius 1 is 0.961 bits per heavy atom. The number of anilines is 1. The predicted octanol–water partition coefficient (Wildman–Crippen LogP) is 5.21. The van der Waals surface area contributed by atoms with Crippen molar-refractivity contribution < 1.29 is 33.4 Å². The van der Waals surface area contributed by atoms with Crippen molar-refractivity contribution >= 4 is 29.8 Å². The molecule has 0 bridgehead atoms. The third-order valence-corrected chi connectivity index (χ3v) is 9.01. The number of piperidine rings is 1. The summed E-state index contributed by atoms with van der Waals surface area (Å²) in [5.74, 6) is -0.352. The van der Waals surface area contributed by atoms with Gasteiger partial charge in [0.1, 0.15) is 23.3 Å². The van der Waals surface area contributed by atoms with Gasteiger partial charge in [-0.05, 0) is 70.1 Å². The van der Waals surface area contributed by atoms with E-state index in [0.717, 1.165) is 29.5 Å². The molecule has 3 atom stereocenters. The molecule has 1 aliphatic heterocycles. The molecule has 0 radical (unpaired) electrons. The summed E-state index contributed by atoms with van der Waals surface area (Å²) in [5.41, 5.74) is 0.805. The zero-order valence-corrected chi connectivity index (χ0v) is 30.3. The molecule has 2 heterocycles. The predicted molar refractivity (Wildman–Crippen MR) is 191 cm³/mol. The van der Waals surface area contributed by atoms with Gasteiger partial charge in [-0.3, -0.25) is 9.59 Å². The highest BCUT2D eigenvalue weighted by Gasteiger charge is 2.38. The molecule has 13 nitrogen and oxygen atoms in total. The first-order chi connectivity index (χ1) is 24.2. The fraction of sp³-hybridized carbons (Fsp3) is 0.500. The van der Waals surface area contributed by atoms with Crippen molar-refractivity contribution in [2.24, 2.45) is 5.92 Å². The summed E-state index contributed by atoms with van der Waals surface area (Å²) < 4.78 is 19.2. The number of nitrogens with zero attached hydrogens (tertiary/aromatic N) is 3. The van der Waals surface area contributed by atoms with Gasteiger partial charge in [0.15, 0.2) is 5.82 Å². The van der Waals surface area contributed by atoms with Crippen molar-refractivity contribution in [2.75, 3.05) is 25.0 Å². The Labute approximate surface area is 299 Å². The second-order valence-electron chi connectivity index (χ2n) is 14.9. The van der Waals surface area contributed by atoms with E-state index < -0.39 is 41.2 Å². The first-order valence-electron chi connectivity index (χ1n) is 17.5. The molecular formula is C38H50N6O7. The molecule has 5 rings (SSSR count). The fourth-order valence-corrected chi connectivity index (χ4v) is 6.16. The van der Waals surface area contributed by atoms with Gasteiger partial charge in [-0.15, -0.1) is 0 Å². The van der Waals surface area contributed by atoms with E-state index in [0.29, 0.717) is 25.4 Å². The molecule has 2 aromatic carbocycles. The van der Waals surface area contributed by atoms with Gasteiger partial charge in [0.05, 0.1) is 25.6 Å². The Balaban J connectivity index is 1.29. The number of rotatable bonds is 11. The number of aromatic nitrogens is 2. The van der Waals surface area contributed by atoms with Gasteiger partial charge in [-0.25, -0.2) is 14.6 Å². The molecule has 0 saturated carbocycles. The van der Waals surface area contributed by atoms with Crippen molar-refractivity contribution in [1.82, 2.24) is 25.1 Å². The van der Waals surface area contributed by atoms with Crippen LogP contribution >= 0.6 is 0 Å². The number of ether oxygens (including phenoxy) is 3. The minimum Gasteiger partial charge on any atom is -0.444 e. The third-order valence-electron chi connectivity index (χ3n) is 9.01. The lowest BCUT2D eigenvalue weighted by Gasteiger charge is -2.31. The number of likely N-dealkylation sites (tertiary alicyclic amines) is 1. The zero-order valence-electron chi connectivity index (χ0n) is 30.3. The number of nitrogens with one attached hydrogen (secondary N) is 3. The Kier molecular flexibility index (Phi) is 11.7. The van der Waals surface area contributed by atoms with Crippen LogP contribution in [-0.2, 0) is 36.8 Å². The normalized spacial score (nSPS) is 18.4. The van der Waals surface area contributed by atoms with Crippen LogP contribution in [0.15, 0.2) is 67.1 Å². The number of carbonyl (C=O) groups is 4. The monoisotopic (exact) mass is 702 g/mol. The SMILES string of the molecule is CC1CCN(C(=O)OC2Cc3ccccc3[C@@H]2n2cnc(NC(=O)[C@@H](COCc3ccccc3)NC(=O)C(C)(C)NC(=O)OC(C)(C)C)c2)CC1. The standard InChI is InChI=1S/C38H50N6O7/c1-25-16-18-43(19-17-25)36(48)50-30-20-27-14-10-11-15-28(27)32(30)44-21-31(39-24-44)41-33(45)29(23-49-22-26-12-8-7-9-13-26)40-34(46)38(5,6)42-35(47)51-37(2,3)4/h7-15,21,24-25,29-30,32H,16-20,22-23H2,1-6H3,(H,40,46)(H,41,45)(H,42,47)/t29-,30?,32+/m1/s1. The Morgan fingerprint density at radius 2 is 1.65 bits per heavy atom. The highest BCUT2D eigenvalue weighted by Crippen LogP contribution is 2.37. The summed E-state index contributed by atoms with van der Waals surface area (Å²) in [5, 5.41) is 8.10. The van der Waals surface area contributed by atoms with Crippen molar-refractivity contribution in [3.63, 3.8) is 0 Å². The van der Waals surface area contributed by atoms with Gasteiger partial charge >= 0.3 is 12.2 Å². The van der Waals surface area contributed by atoms with Crippen molar-refractivity contribution in [2.45, 2.75) is 96.7 Å². The van der Waals surface area contributed by atoms with Gasteiger partial charge in [0.2, 0.25) is 5.91 Å².